The number of pyridine rings is 1. The Morgan fingerprint density at radius 1 is 1.32 bits per heavy atom. The van der Waals surface area contributed by atoms with E-state index in [4.69, 9.17) is 5.73 Å². The molecule has 5 nitrogen and oxygen atoms in total. The highest BCUT2D eigenvalue weighted by Gasteiger charge is 2.32. The van der Waals surface area contributed by atoms with Crippen molar-refractivity contribution in [1.82, 2.24) is 9.88 Å². The molecule has 5 heteroatoms. The van der Waals surface area contributed by atoms with Crippen LogP contribution in [-0.2, 0) is 16.0 Å². The molecule has 2 heterocycles. The lowest BCUT2D eigenvalue weighted by atomic mass is 10.0. The van der Waals surface area contributed by atoms with Crippen molar-refractivity contribution in [3.05, 3.63) is 41.6 Å². The second kappa shape index (κ2) is 5.75. The number of aromatic nitrogens is 1. The van der Waals surface area contributed by atoms with E-state index in [2.05, 4.69) is 4.98 Å². The maximum absolute atomic E-state index is 12.5. The average molecular weight is 297 g/mol. The number of carbonyl (C=O) groups is 2. The third-order valence-corrected chi connectivity index (χ3v) is 4.20. The molecule has 0 spiro atoms. The third-order valence-electron chi connectivity index (χ3n) is 4.20. The fourth-order valence-corrected chi connectivity index (χ4v) is 3.10. The molecule has 22 heavy (non-hydrogen) atoms. The Hall–Kier alpha value is -2.43. The summed E-state index contributed by atoms with van der Waals surface area (Å²) in [6.07, 6.45) is 1.76. The molecule has 1 fully saturated rings. The molecular formula is C17H19N3O2. The van der Waals surface area contributed by atoms with Gasteiger partial charge < -0.3 is 10.6 Å². The van der Waals surface area contributed by atoms with Gasteiger partial charge in [-0.15, -0.1) is 0 Å². The van der Waals surface area contributed by atoms with Crippen LogP contribution in [-0.4, -0.2) is 34.3 Å². The van der Waals surface area contributed by atoms with Crippen LogP contribution >= 0.6 is 0 Å². The lowest BCUT2D eigenvalue weighted by molar-refractivity contribution is -0.136. The van der Waals surface area contributed by atoms with Crippen molar-refractivity contribution in [1.29, 1.82) is 0 Å². The number of aryl methyl sites for hydroxylation is 1. The Kier molecular flexibility index (Phi) is 3.79. The maximum atomic E-state index is 12.5. The SMILES string of the molecule is Cc1ccc2c(CC(=O)N3CCCC3C(N)=O)cccc2n1. The average Bonchev–Trinajstić information content (AvgIpc) is 2.97. The van der Waals surface area contributed by atoms with Gasteiger partial charge >= 0.3 is 0 Å². The number of amides is 2. The normalized spacial score (nSPS) is 17.9. The van der Waals surface area contributed by atoms with E-state index in [0.29, 0.717) is 13.0 Å². The predicted octanol–water partition coefficient (Wildman–Crippen LogP) is 1.56. The van der Waals surface area contributed by atoms with Gasteiger partial charge in [0.25, 0.3) is 0 Å². The standard InChI is InChI=1S/C17H19N3O2/c1-11-7-8-13-12(4-2-5-14(13)19-11)10-16(21)20-9-3-6-15(20)17(18)22/h2,4-5,7-8,15H,3,6,9-10H2,1H3,(H2,18,22). The number of benzene rings is 1. The summed E-state index contributed by atoms with van der Waals surface area (Å²) < 4.78 is 0. The minimum atomic E-state index is -0.456. The highest BCUT2D eigenvalue weighted by molar-refractivity contribution is 5.91. The summed E-state index contributed by atoms with van der Waals surface area (Å²) in [4.78, 5) is 30.1. The molecule has 2 aromatic rings. The van der Waals surface area contributed by atoms with Crippen molar-refractivity contribution in [2.45, 2.75) is 32.2 Å². The molecule has 1 aliphatic heterocycles. The molecule has 1 aromatic carbocycles. The number of likely N-dealkylation sites (tertiary alicyclic amines) is 1. The molecule has 1 saturated heterocycles. The lowest BCUT2D eigenvalue weighted by Crippen LogP contribution is -2.44. The molecule has 0 aliphatic carbocycles. The summed E-state index contributed by atoms with van der Waals surface area (Å²) >= 11 is 0. The van der Waals surface area contributed by atoms with Crippen molar-refractivity contribution in [3.63, 3.8) is 0 Å². The summed E-state index contributed by atoms with van der Waals surface area (Å²) in [6.45, 7) is 2.55. The number of hydrogen-bond donors (Lipinski definition) is 1. The highest BCUT2D eigenvalue weighted by atomic mass is 16.2. The number of hydrogen-bond acceptors (Lipinski definition) is 3. The molecule has 114 valence electrons. The first-order valence-electron chi connectivity index (χ1n) is 7.50. The number of primary amides is 1. The van der Waals surface area contributed by atoms with Gasteiger partial charge in [0.05, 0.1) is 11.9 Å². The van der Waals surface area contributed by atoms with Crippen LogP contribution in [0, 0.1) is 6.92 Å². The zero-order valence-electron chi connectivity index (χ0n) is 12.6. The fraction of sp³-hybridized carbons (Fsp3) is 0.353. The van der Waals surface area contributed by atoms with E-state index in [0.717, 1.165) is 28.6 Å². The molecule has 1 aromatic heterocycles. The van der Waals surface area contributed by atoms with Crippen LogP contribution in [0.2, 0.25) is 0 Å². The Morgan fingerprint density at radius 3 is 2.91 bits per heavy atom. The van der Waals surface area contributed by atoms with Gasteiger partial charge in [-0.25, -0.2) is 0 Å². The van der Waals surface area contributed by atoms with Crippen molar-refractivity contribution < 1.29 is 9.59 Å². The van der Waals surface area contributed by atoms with Gasteiger partial charge in [-0.2, -0.15) is 0 Å². The van der Waals surface area contributed by atoms with Crippen LogP contribution in [0.15, 0.2) is 30.3 Å². The zero-order valence-corrected chi connectivity index (χ0v) is 12.6. The van der Waals surface area contributed by atoms with E-state index in [1.807, 2.05) is 37.3 Å². The summed E-state index contributed by atoms with van der Waals surface area (Å²) in [5, 5.41) is 0.983. The first-order chi connectivity index (χ1) is 10.6. The smallest absolute Gasteiger partial charge is 0.240 e. The van der Waals surface area contributed by atoms with Gasteiger partial charge in [0.15, 0.2) is 0 Å². The Bertz CT molecular complexity index is 742. The van der Waals surface area contributed by atoms with Crippen LogP contribution < -0.4 is 5.73 Å². The molecule has 0 saturated carbocycles. The number of fused-ring (bicyclic) bond motifs is 1. The summed E-state index contributed by atoms with van der Waals surface area (Å²) in [7, 11) is 0. The molecule has 1 aliphatic rings. The summed E-state index contributed by atoms with van der Waals surface area (Å²) in [5.74, 6) is -0.463. The first-order valence-corrected chi connectivity index (χ1v) is 7.50. The van der Waals surface area contributed by atoms with Crippen molar-refractivity contribution in [2.75, 3.05) is 6.54 Å². The van der Waals surface area contributed by atoms with Gasteiger partial charge in [0, 0.05) is 17.6 Å². The zero-order chi connectivity index (χ0) is 15.7. The number of nitrogens with zero attached hydrogens (tertiary/aromatic N) is 2. The summed E-state index contributed by atoms with van der Waals surface area (Å²) in [5.41, 5.74) is 8.15. The Labute approximate surface area is 129 Å². The number of nitrogens with two attached hydrogens (primary N) is 1. The largest absolute Gasteiger partial charge is 0.368 e. The van der Waals surface area contributed by atoms with Gasteiger partial charge in [0.2, 0.25) is 11.8 Å². The minimum absolute atomic E-state index is 0.0469. The van der Waals surface area contributed by atoms with E-state index in [1.54, 1.807) is 4.90 Å². The molecule has 0 radical (unpaired) electrons. The monoisotopic (exact) mass is 297 g/mol. The highest BCUT2D eigenvalue weighted by Crippen LogP contribution is 2.22. The lowest BCUT2D eigenvalue weighted by Gasteiger charge is -2.22. The van der Waals surface area contributed by atoms with Crippen LogP contribution in [0.25, 0.3) is 10.9 Å². The van der Waals surface area contributed by atoms with Crippen LogP contribution in [0.1, 0.15) is 24.1 Å². The topological polar surface area (TPSA) is 76.3 Å². The Balaban J connectivity index is 1.87. The number of carbonyl (C=O) groups excluding carboxylic acids is 2. The number of rotatable bonds is 3. The molecule has 3 rings (SSSR count). The minimum Gasteiger partial charge on any atom is -0.368 e. The van der Waals surface area contributed by atoms with Crippen LogP contribution in [0.5, 0.6) is 0 Å². The van der Waals surface area contributed by atoms with Crippen molar-refractivity contribution in [3.8, 4) is 0 Å². The van der Waals surface area contributed by atoms with E-state index in [1.165, 1.54) is 0 Å². The molecule has 2 N–H and O–H groups in total. The van der Waals surface area contributed by atoms with Crippen molar-refractivity contribution in [2.24, 2.45) is 5.73 Å². The van der Waals surface area contributed by atoms with Crippen LogP contribution in [0.3, 0.4) is 0 Å². The predicted molar refractivity (Wildman–Crippen MR) is 84.1 cm³/mol. The van der Waals surface area contributed by atoms with Crippen LogP contribution in [0.4, 0.5) is 0 Å². The van der Waals surface area contributed by atoms with Gasteiger partial charge in [-0.05, 0) is 37.5 Å². The molecule has 2 amide bonds. The van der Waals surface area contributed by atoms with Gasteiger partial charge in [-0.1, -0.05) is 18.2 Å². The quantitative estimate of drug-likeness (QED) is 0.934. The second-order valence-electron chi connectivity index (χ2n) is 5.76. The Morgan fingerprint density at radius 2 is 2.14 bits per heavy atom. The summed E-state index contributed by atoms with van der Waals surface area (Å²) in [6, 6.07) is 9.27. The van der Waals surface area contributed by atoms with E-state index < -0.39 is 11.9 Å². The molecular weight excluding hydrogens is 278 g/mol. The van der Waals surface area contributed by atoms with Gasteiger partial charge in [-0.3, -0.25) is 14.6 Å². The van der Waals surface area contributed by atoms with Crippen molar-refractivity contribution >= 4 is 22.7 Å². The first kappa shape index (κ1) is 14.5. The molecule has 0 bridgehead atoms. The fourth-order valence-electron chi connectivity index (χ4n) is 3.10. The van der Waals surface area contributed by atoms with E-state index in [-0.39, 0.29) is 12.3 Å². The van der Waals surface area contributed by atoms with E-state index in [9.17, 15) is 9.59 Å². The van der Waals surface area contributed by atoms with Gasteiger partial charge in [0.1, 0.15) is 6.04 Å². The molecule has 1 unspecified atom stereocenters. The third kappa shape index (κ3) is 2.66. The maximum Gasteiger partial charge on any atom is 0.240 e. The second-order valence-corrected chi connectivity index (χ2v) is 5.76. The molecule has 1 atom stereocenters. The van der Waals surface area contributed by atoms with E-state index >= 15 is 0 Å².